The molecule has 0 saturated heterocycles. The number of hydrogen-bond donors (Lipinski definition) is 4. The summed E-state index contributed by atoms with van der Waals surface area (Å²) in [6.07, 6.45) is 0.0888. The Bertz CT molecular complexity index is 770. The van der Waals surface area contributed by atoms with Crippen molar-refractivity contribution in [2.24, 2.45) is 0 Å². The first-order valence-electron chi connectivity index (χ1n) is 8.87. The minimum absolute atomic E-state index is 0.0579. The topological polar surface area (TPSA) is 116 Å². The number of hydrogen-bond acceptors (Lipinski definition) is 4. The molecule has 0 fully saturated rings. The monoisotopic (exact) mass is 386 g/mol. The Morgan fingerprint density at radius 3 is 1.71 bits per heavy atom. The van der Waals surface area contributed by atoms with E-state index in [9.17, 15) is 14.4 Å². The fourth-order valence-electron chi connectivity index (χ4n) is 2.08. The molecule has 150 valence electrons. The van der Waals surface area contributed by atoms with E-state index < -0.39 is 11.9 Å². The highest BCUT2D eigenvalue weighted by Crippen LogP contribution is 2.08. The van der Waals surface area contributed by atoms with Gasteiger partial charge in [0.05, 0.1) is 12.8 Å². The zero-order chi connectivity index (χ0) is 20.9. The molecule has 7 nitrogen and oxygen atoms in total. The molecule has 28 heavy (non-hydrogen) atoms. The van der Waals surface area contributed by atoms with Gasteiger partial charge in [-0.05, 0) is 38.1 Å². The van der Waals surface area contributed by atoms with Crippen LogP contribution in [0.25, 0.3) is 0 Å². The van der Waals surface area contributed by atoms with E-state index in [1.165, 1.54) is 5.56 Å². The van der Waals surface area contributed by atoms with E-state index >= 15 is 0 Å². The molecule has 0 spiro atoms. The summed E-state index contributed by atoms with van der Waals surface area (Å²) >= 11 is 0. The summed E-state index contributed by atoms with van der Waals surface area (Å²) in [5, 5.41) is 22.3. The zero-order valence-electron chi connectivity index (χ0n) is 16.1. The highest BCUT2D eigenvalue weighted by molar-refractivity contribution is 5.94. The number of benzene rings is 2. The van der Waals surface area contributed by atoms with E-state index in [1.807, 2.05) is 50.2 Å². The van der Waals surface area contributed by atoms with Crippen LogP contribution in [-0.2, 0) is 9.59 Å². The molecule has 7 heteroatoms. The molecule has 0 aliphatic rings. The number of aryl methyl sites for hydroxylation is 2. The van der Waals surface area contributed by atoms with Crippen molar-refractivity contribution in [1.29, 1.82) is 0 Å². The minimum atomic E-state index is -0.917. The molecule has 0 aromatic heterocycles. The van der Waals surface area contributed by atoms with Gasteiger partial charge in [-0.3, -0.25) is 14.4 Å². The van der Waals surface area contributed by atoms with Gasteiger partial charge in [-0.1, -0.05) is 35.4 Å². The Kier molecular flexibility index (Phi) is 9.82. The number of carbonyl (C=O) groups is 3. The molecule has 0 aliphatic heterocycles. The highest BCUT2D eigenvalue weighted by Gasteiger charge is 2.04. The van der Waals surface area contributed by atoms with Crippen molar-refractivity contribution in [3.63, 3.8) is 0 Å². The van der Waals surface area contributed by atoms with Crippen LogP contribution in [0.5, 0.6) is 0 Å². The van der Waals surface area contributed by atoms with Crippen molar-refractivity contribution in [2.75, 3.05) is 18.4 Å². The maximum Gasteiger partial charge on any atom is 0.305 e. The lowest BCUT2D eigenvalue weighted by molar-refractivity contribution is -0.137. The van der Waals surface area contributed by atoms with Crippen LogP contribution < -0.4 is 10.6 Å². The minimum Gasteiger partial charge on any atom is -0.481 e. The van der Waals surface area contributed by atoms with Crippen molar-refractivity contribution in [3.8, 4) is 0 Å². The van der Waals surface area contributed by atoms with Gasteiger partial charge in [0.15, 0.2) is 0 Å². The first-order valence-corrected chi connectivity index (χ1v) is 8.87. The van der Waals surface area contributed by atoms with Gasteiger partial charge in [-0.25, -0.2) is 0 Å². The summed E-state index contributed by atoms with van der Waals surface area (Å²) in [7, 11) is 0. The third-order valence-corrected chi connectivity index (χ3v) is 3.66. The fraction of sp³-hybridized carbons (Fsp3) is 0.286. The first-order chi connectivity index (χ1) is 13.3. The van der Waals surface area contributed by atoms with E-state index in [4.69, 9.17) is 10.2 Å². The molecule has 1 amide bonds. The van der Waals surface area contributed by atoms with Crippen LogP contribution in [0.4, 0.5) is 5.69 Å². The smallest absolute Gasteiger partial charge is 0.305 e. The van der Waals surface area contributed by atoms with Gasteiger partial charge in [0.25, 0.3) is 5.91 Å². The van der Waals surface area contributed by atoms with E-state index in [1.54, 1.807) is 12.1 Å². The Morgan fingerprint density at radius 1 is 0.750 bits per heavy atom. The third-order valence-electron chi connectivity index (χ3n) is 3.66. The van der Waals surface area contributed by atoms with E-state index in [0.29, 0.717) is 12.1 Å². The Hall–Kier alpha value is -3.35. The number of carboxylic acid groups (broad SMARTS) is 2. The molecular formula is C21H26N2O5. The average molecular weight is 386 g/mol. The van der Waals surface area contributed by atoms with Gasteiger partial charge in [0.2, 0.25) is 0 Å². The van der Waals surface area contributed by atoms with E-state index in [-0.39, 0.29) is 25.3 Å². The van der Waals surface area contributed by atoms with Gasteiger partial charge in [-0.15, -0.1) is 0 Å². The second-order valence-corrected chi connectivity index (χ2v) is 6.20. The number of aliphatic carboxylic acids is 2. The van der Waals surface area contributed by atoms with Crippen LogP contribution >= 0.6 is 0 Å². The van der Waals surface area contributed by atoms with Gasteiger partial charge < -0.3 is 20.8 Å². The van der Waals surface area contributed by atoms with Crippen LogP contribution in [-0.4, -0.2) is 41.1 Å². The van der Waals surface area contributed by atoms with Gasteiger partial charge >= 0.3 is 11.9 Å². The Balaban J connectivity index is 0.000000283. The van der Waals surface area contributed by atoms with Crippen LogP contribution in [0.15, 0.2) is 48.5 Å². The molecule has 2 aromatic rings. The predicted octanol–water partition coefficient (Wildman–Crippen LogP) is 3.08. The van der Waals surface area contributed by atoms with Crippen molar-refractivity contribution in [2.45, 2.75) is 26.7 Å². The number of carboxylic acids is 2. The molecule has 0 heterocycles. The van der Waals surface area contributed by atoms with Crippen molar-refractivity contribution in [3.05, 3.63) is 65.2 Å². The second-order valence-electron chi connectivity index (χ2n) is 6.20. The summed E-state index contributed by atoms with van der Waals surface area (Å²) in [5.41, 5.74) is 3.79. The van der Waals surface area contributed by atoms with E-state index in [0.717, 1.165) is 11.3 Å². The zero-order valence-corrected chi connectivity index (χ0v) is 16.1. The summed E-state index contributed by atoms with van der Waals surface area (Å²) in [4.78, 5) is 31.8. The standard InChI is InChI=1S/C11H13NO3.C10H13NO2/c1-8-2-4-9(5-3-8)11(15)12-7-6-10(13)14;1-8-2-4-9(5-3-8)11-7-6-10(12)13/h2-5H,6-7H2,1H3,(H,12,15)(H,13,14);2-5,11H,6-7H2,1H3,(H,12,13). The van der Waals surface area contributed by atoms with E-state index in [2.05, 4.69) is 10.6 Å². The van der Waals surface area contributed by atoms with Crippen LogP contribution in [0.1, 0.15) is 34.3 Å². The lowest BCUT2D eigenvalue weighted by Gasteiger charge is -2.03. The number of carbonyl (C=O) groups excluding carboxylic acids is 1. The lowest BCUT2D eigenvalue weighted by Crippen LogP contribution is -2.25. The van der Waals surface area contributed by atoms with Crippen LogP contribution in [0.3, 0.4) is 0 Å². The van der Waals surface area contributed by atoms with Gasteiger partial charge in [0.1, 0.15) is 0 Å². The fourth-order valence-corrected chi connectivity index (χ4v) is 2.08. The van der Waals surface area contributed by atoms with Crippen LogP contribution in [0.2, 0.25) is 0 Å². The molecule has 0 aliphatic carbocycles. The second kappa shape index (κ2) is 12.1. The molecule has 2 aromatic carbocycles. The van der Waals surface area contributed by atoms with Crippen LogP contribution in [0, 0.1) is 13.8 Å². The normalized spacial score (nSPS) is 9.64. The average Bonchev–Trinajstić information content (AvgIpc) is 2.64. The molecule has 4 N–H and O–H groups in total. The number of nitrogens with one attached hydrogen (secondary N) is 2. The van der Waals surface area contributed by atoms with Gasteiger partial charge in [0, 0.05) is 24.3 Å². The summed E-state index contributed by atoms with van der Waals surface area (Å²) < 4.78 is 0. The number of amides is 1. The maximum atomic E-state index is 11.4. The van der Waals surface area contributed by atoms with Crippen molar-refractivity contribution >= 4 is 23.5 Å². The molecular weight excluding hydrogens is 360 g/mol. The summed E-state index contributed by atoms with van der Waals surface area (Å²) in [6, 6.07) is 15.0. The number of rotatable bonds is 8. The predicted molar refractivity (Wildman–Crippen MR) is 108 cm³/mol. The summed E-state index contributed by atoms with van der Waals surface area (Å²) in [5.74, 6) is -1.94. The Morgan fingerprint density at radius 2 is 1.21 bits per heavy atom. The first kappa shape index (κ1) is 22.7. The SMILES string of the molecule is Cc1ccc(C(=O)NCCC(=O)O)cc1.Cc1ccc(NCCC(=O)O)cc1. The van der Waals surface area contributed by atoms with Crippen molar-refractivity contribution in [1.82, 2.24) is 5.32 Å². The third kappa shape index (κ3) is 9.96. The van der Waals surface area contributed by atoms with Gasteiger partial charge in [-0.2, -0.15) is 0 Å². The highest BCUT2D eigenvalue weighted by atomic mass is 16.4. The quantitative estimate of drug-likeness (QED) is 0.554. The molecule has 0 radical (unpaired) electrons. The molecule has 0 bridgehead atoms. The largest absolute Gasteiger partial charge is 0.481 e. The molecule has 0 unspecified atom stereocenters. The molecule has 2 rings (SSSR count). The van der Waals surface area contributed by atoms with Crippen molar-refractivity contribution < 1.29 is 24.6 Å². The Labute approximate surface area is 164 Å². The number of anilines is 1. The lowest BCUT2D eigenvalue weighted by atomic mass is 10.1. The summed E-state index contributed by atoms with van der Waals surface area (Å²) in [6.45, 7) is 4.58. The maximum absolute atomic E-state index is 11.4. The molecule has 0 atom stereocenters. The molecule has 0 saturated carbocycles.